The van der Waals surface area contributed by atoms with Crippen molar-refractivity contribution >= 4 is 39.9 Å². The van der Waals surface area contributed by atoms with E-state index in [0.29, 0.717) is 28.3 Å². The van der Waals surface area contributed by atoms with Crippen molar-refractivity contribution in [3.8, 4) is 0 Å². The number of nitro groups is 1. The van der Waals surface area contributed by atoms with Crippen molar-refractivity contribution in [1.82, 2.24) is 9.55 Å². The van der Waals surface area contributed by atoms with Gasteiger partial charge in [0.1, 0.15) is 0 Å². The van der Waals surface area contributed by atoms with Crippen LogP contribution < -0.4 is 10.9 Å². The summed E-state index contributed by atoms with van der Waals surface area (Å²) in [6, 6.07) is 12.8. The van der Waals surface area contributed by atoms with Crippen LogP contribution >= 0.6 is 11.8 Å². The number of nitrogens with one attached hydrogen (secondary N) is 1. The number of unbranched alkanes of at least 4 members (excludes halogenated alkanes) is 1. The average molecular weight is 426 g/mol. The fourth-order valence-corrected chi connectivity index (χ4v) is 3.81. The first kappa shape index (κ1) is 21.5. The molecule has 156 valence electrons. The summed E-state index contributed by atoms with van der Waals surface area (Å²) in [6.45, 7) is 4.32. The Morgan fingerprint density at radius 3 is 2.60 bits per heavy atom. The van der Waals surface area contributed by atoms with Gasteiger partial charge in [-0.1, -0.05) is 37.2 Å². The molecule has 3 aromatic rings. The Kier molecular flexibility index (Phi) is 6.83. The molecule has 0 fully saturated rings. The largest absolute Gasteiger partial charge is 0.325 e. The van der Waals surface area contributed by atoms with Gasteiger partial charge in [0.25, 0.3) is 11.2 Å². The van der Waals surface area contributed by atoms with Gasteiger partial charge >= 0.3 is 0 Å². The standard InChI is InChI=1S/C21H22N4O4S/c1-3-4-13-24-20(27)17-7-5-6-8-18(17)23-21(24)30-14(2)19(26)22-15-9-11-16(12-10-15)25(28)29/h5-12,14H,3-4,13H2,1-2H3,(H,22,26). The highest BCUT2D eigenvalue weighted by Crippen LogP contribution is 2.24. The van der Waals surface area contributed by atoms with Crippen molar-refractivity contribution in [2.45, 2.75) is 43.6 Å². The van der Waals surface area contributed by atoms with Gasteiger partial charge in [-0.2, -0.15) is 0 Å². The molecule has 0 radical (unpaired) electrons. The molecule has 30 heavy (non-hydrogen) atoms. The van der Waals surface area contributed by atoms with Crippen LogP contribution in [0, 0.1) is 10.1 Å². The molecule has 1 heterocycles. The molecule has 2 aromatic carbocycles. The molecule has 0 saturated carbocycles. The van der Waals surface area contributed by atoms with E-state index < -0.39 is 10.2 Å². The number of benzene rings is 2. The molecule has 0 bridgehead atoms. The lowest BCUT2D eigenvalue weighted by atomic mass is 10.2. The quantitative estimate of drug-likeness (QED) is 0.250. The second-order valence-electron chi connectivity index (χ2n) is 6.78. The van der Waals surface area contributed by atoms with Crippen LogP contribution in [-0.2, 0) is 11.3 Å². The number of rotatable bonds is 8. The highest BCUT2D eigenvalue weighted by molar-refractivity contribution is 8.00. The van der Waals surface area contributed by atoms with Gasteiger partial charge < -0.3 is 5.32 Å². The molecular formula is C21H22N4O4S. The summed E-state index contributed by atoms with van der Waals surface area (Å²) >= 11 is 1.22. The van der Waals surface area contributed by atoms with Gasteiger partial charge in [-0.05, 0) is 37.6 Å². The summed E-state index contributed by atoms with van der Waals surface area (Å²) < 4.78 is 1.63. The number of amides is 1. The van der Waals surface area contributed by atoms with Crippen molar-refractivity contribution in [2.24, 2.45) is 0 Å². The van der Waals surface area contributed by atoms with E-state index in [0.717, 1.165) is 12.8 Å². The van der Waals surface area contributed by atoms with Gasteiger partial charge in [-0.15, -0.1) is 0 Å². The second-order valence-corrected chi connectivity index (χ2v) is 8.08. The molecular weight excluding hydrogens is 404 g/mol. The normalized spacial score (nSPS) is 11.9. The van der Waals surface area contributed by atoms with Crippen molar-refractivity contribution in [3.63, 3.8) is 0 Å². The molecule has 1 aromatic heterocycles. The number of para-hydroxylation sites is 1. The Labute approximate surface area is 177 Å². The number of hydrogen-bond donors (Lipinski definition) is 1. The van der Waals surface area contributed by atoms with E-state index in [9.17, 15) is 19.7 Å². The van der Waals surface area contributed by atoms with Gasteiger partial charge in [0, 0.05) is 24.4 Å². The predicted octanol–water partition coefficient (Wildman–Crippen LogP) is 4.22. The molecule has 0 saturated heterocycles. The van der Waals surface area contributed by atoms with E-state index in [1.54, 1.807) is 23.6 Å². The Morgan fingerprint density at radius 1 is 1.23 bits per heavy atom. The summed E-state index contributed by atoms with van der Waals surface area (Å²) in [4.78, 5) is 40.4. The smallest absolute Gasteiger partial charge is 0.269 e. The maximum atomic E-state index is 12.9. The predicted molar refractivity (Wildman–Crippen MR) is 118 cm³/mol. The van der Waals surface area contributed by atoms with Crippen molar-refractivity contribution < 1.29 is 9.72 Å². The van der Waals surface area contributed by atoms with E-state index in [4.69, 9.17) is 0 Å². The molecule has 0 aliphatic carbocycles. The summed E-state index contributed by atoms with van der Waals surface area (Å²) in [7, 11) is 0. The molecule has 1 N–H and O–H groups in total. The molecule has 9 heteroatoms. The molecule has 0 spiro atoms. The maximum absolute atomic E-state index is 12.9. The zero-order valence-corrected chi connectivity index (χ0v) is 17.5. The Bertz CT molecular complexity index is 1130. The summed E-state index contributed by atoms with van der Waals surface area (Å²) in [6.07, 6.45) is 1.76. The minimum atomic E-state index is -0.527. The van der Waals surface area contributed by atoms with E-state index in [1.807, 2.05) is 19.1 Å². The van der Waals surface area contributed by atoms with Crippen molar-refractivity contribution in [1.29, 1.82) is 0 Å². The van der Waals surface area contributed by atoms with Gasteiger partial charge in [-0.25, -0.2) is 4.98 Å². The lowest BCUT2D eigenvalue weighted by Crippen LogP contribution is -2.27. The number of carbonyl (C=O) groups excluding carboxylic acids is 1. The van der Waals surface area contributed by atoms with Gasteiger partial charge in [0.05, 0.1) is 21.1 Å². The van der Waals surface area contributed by atoms with Crippen LogP contribution in [0.4, 0.5) is 11.4 Å². The Morgan fingerprint density at radius 2 is 1.93 bits per heavy atom. The first-order valence-corrected chi connectivity index (χ1v) is 10.5. The van der Waals surface area contributed by atoms with E-state index >= 15 is 0 Å². The number of anilines is 1. The minimum Gasteiger partial charge on any atom is -0.325 e. The Hall–Kier alpha value is -3.20. The van der Waals surface area contributed by atoms with E-state index in [2.05, 4.69) is 10.3 Å². The third-order valence-electron chi connectivity index (χ3n) is 4.56. The number of thioether (sulfide) groups is 1. The number of non-ortho nitro benzene ring substituents is 1. The van der Waals surface area contributed by atoms with Crippen LogP contribution in [0.25, 0.3) is 10.9 Å². The van der Waals surface area contributed by atoms with Crippen LogP contribution in [0.15, 0.2) is 58.5 Å². The molecule has 1 unspecified atom stereocenters. The third-order valence-corrected chi connectivity index (χ3v) is 5.65. The number of hydrogen-bond acceptors (Lipinski definition) is 6. The minimum absolute atomic E-state index is 0.0456. The number of aromatic nitrogens is 2. The molecule has 0 aliphatic heterocycles. The van der Waals surface area contributed by atoms with Crippen molar-refractivity contribution in [3.05, 3.63) is 69.0 Å². The first-order valence-electron chi connectivity index (χ1n) is 9.62. The van der Waals surface area contributed by atoms with Crippen LogP contribution in [0.5, 0.6) is 0 Å². The topological polar surface area (TPSA) is 107 Å². The first-order chi connectivity index (χ1) is 14.4. The number of nitrogens with zero attached hydrogens (tertiary/aromatic N) is 3. The lowest BCUT2D eigenvalue weighted by Gasteiger charge is -2.16. The molecule has 0 aliphatic rings. The van der Waals surface area contributed by atoms with E-state index in [-0.39, 0.29) is 17.2 Å². The van der Waals surface area contributed by atoms with Gasteiger partial charge in [0.2, 0.25) is 5.91 Å². The van der Waals surface area contributed by atoms with Crippen LogP contribution in [0.3, 0.4) is 0 Å². The summed E-state index contributed by atoms with van der Waals surface area (Å²) in [5.41, 5.74) is 0.906. The number of carbonyl (C=O) groups is 1. The number of fused-ring (bicyclic) bond motifs is 1. The second kappa shape index (κ2) is 9.53. The fourth-order valence-electron chi connectivity index (χ4n) is 2.87. The highest BCUT2D eigenvalue weighted by atomic mass is 32.2. The highest BCUT2D eigenvalue weighted by Gasteiger charge is 2.20. The molecule has 1 amide bonds. The van der Waals surface area contributed by atoms with Crippen LogP contribution in [0.1, 0.15) is 26.7 Å². The zero-order valence-electron chi connectivity index (χ0n) is 16.7. The molecule has 8 nitrogen and oxygen atoms in total. The van der Waals surface area contributed by atoms with Gasteiger partial charge in [-0.3, -0.25) is 24.3 Å². The molecule has 3 rings (SSSR count). The van der Waals surface area contributed by atoms with Crippen LogP contribution in [-0.4, -0.2) is 25.6 Å². The van der Waals surface area contributed by atoms with Crippen molar-refractivity contribution in [2.75, 3.05) is 5.32 Å². The average Bonchev–Trinajstić information content (AvgIpc) is 2.74. The number of nitro benzene ring substituents is 1. The fraction of sp³-hybridized carbons (Fsp3) is 0.286. The SMILES string of the molecule is CCCCn1c(SC(C)C(=O)Nc2ccc([N+](=O)[O-])cc2)nc2ccccc2c1=O. The van der Waals surface area contributed by atoms with E-state index in [1.165, 1.54) is 36.0 Å². The molecule has 1 atom stereocenters. The zero-order chi connectivity index (χ0) is 21.7. The monoisotopic (exact) mass is 426 g/mol. The summed E-state index contributed by atoms with van der Waals surface area (Å²) in [5.74, 6) is -0.279. The Balaban J connectivity index is 1.82. The van der Waals surface area contributed by atoms with Gasteiger partial charge in [0.15, 0.2) is 5.16 Å². The lowest BCUT2D eigenvalue weighted by molar-refractivity contribution is -0.384. The van der Waals surface area contributed by atoms with Crippen LogP contribution in [0.2, 0.25) is 0 Å². The third kappa shape index (κ3) is 4.85. The summed E-state index contributed by atoms with van der Waals surface area (Å²) in [5, 5.41) is 14.0. The maximum Gasteiger partial charge on any atom is 0.269 e.